The molecule has 1 aliphatic heterocycles. The van der Waals surface area contributed by atoms with Gasteiger partial charge in [0.1, 0.15) is 0 Å². The first-order chi connectivity index (χ1) is 7.56. The number of aliphatic hydroxyl groups is 1. The van der Waals surface area contributed by atoms with Gasteiger partial charge >= 0.3 is 0 Å². The van der Waals surface area contributed by atoms with Crippen LogP contribution in [-0.2, 0) is 0 Å². The van der Waals surface area contributed by atoms with Gasteiger partial charge in [0.15, 0.2) is 0 Å². The molecule has 0 saturated carbocycles. The highest BCUT2D eigenvalue weighted by atomic mass is 79.9. The van der Waals surface area contributed by atoms with Crippen LogP contribution in [0, 0.1) is 11.3 Å². The highest BCUT2D eigenvalue weighted by molar-refractivity contribution is 9.09. The second-order valence-corrected chi connectivity index (χ2v) is 5.97. The number of aliphatic hydroxyl groups excluding tert-OH is 1. The summed E-state index contributed by atoms with van der Waals surface area (Å²) in [5, 5.41) is 10.8. The number of nitrogens with zero attached hydrogens (tertiary/aromatic N) is 1. The lowest BCUT2D eigenvalue weighted by molar-refractivity contribution is 0.0183. The van der Waals surface area contributed by atoms with Crippen LogP contribution in [0.2, 0.25) is 0 Å². The molecule has 0 bridgehead atoms. The minimum Gasteiger partial charge on any atom is -0.393 e. The number of halogens is 1. The van der Waals surface area contributed by atoms with Crippen molar-refractivity contribution < 1.29 is 5.11 Å². The Hall–Kier alpha value is 0.400. The van der Waals surface area contributed by atoms with E-state index in [4.69, 9.17) is 0 Å². The average molecular weight is 292 g/mol. The molecule has 1 aliphatic rings. The van der Waals surface area contributed by atoms with Gasteiger partial charge in [-0.05, 0) is 30.6 Å². The number of piperidine rings is 1. The van der Waals surface area contributed by atoms with Crippen molar-refractivity contribution in [2.24, 2.45) is 11.3 Å². The lowest BCUT2D eigenvalue weighted by Gasteiger charge is -2.41. The van der Waals surface area contributed by atoms with Crippen LogP contribution in [0.15, 0.2) is 0 Å². The Bertz CT molecular complexity index is 198. The second kappa shape index (κ2) is 6.36. The van der Waals surface area contributed by atoms with E-state index in [1.54, 1.807) is 0 Å². The molecule has 2 atom stereocenters. The van der Waals surface area contributed by atoms with E-state index in [-0.39, 0.29) is 6.10 Å². The molecular formula is C13H26BrNO. The van der Waals surface area contributed by atoms with Gasteiger partial charge < -0.3 is 10.0 Å². The maximum absolute atomic E-state index is 9.73. The van der Waals surface area contributed by atoms with Crippen LogP contribution in [0.4, 0.5) is 0 Å². The molecular weight excluding hydrogens is 266 g/mol. The Labute approximate surface area is 109 Å². The summed E-state index contributed by atoms with van der Waals surface area (Å²) in [6.45, 7) is 10.0. The van der Waals surface area contributed by atoms with E-state index in [0.29, 0.717) is 11.3 Å². The van der Waals surface area contributed by atoms with Gasteiger partial charge in [0.25, 0.3) is 0 Å². The summed E-state index contributed by atoms with van der Waals surface area (Å²) in [6, 6.07) is 0. The van der Waals surface area contributed by atoms with Crippen molar-refractivity contribution in [2.75, 3.05) is 25.0 Å². The second-order valence-electron chi connectivity index (χ2n) is 5.41. The third-order valence-corrected chi connectivity index (χ3v) is 5.48. The molecule has 1 fully saturated rings. The third kappa shape index (κ3) is 3.44. The molecule has 96 valence electrons. The molecule has 0 amide bonds. The molecule has 16 heavy (non-hydrogen) atoms. The predicted octanol–water partition coefficient (Wildman–Crippen LogP) is 2.89. The molecule has 0 radical (unpaired) electrons. The molecule has 1 rings (SSSR count). The quantitative estimate of drug-likeness (QED) is 0.788. The summed E-state index contributed by atoms with van der Waals surface area (Å²) in [5.74, 6) is 0.426. The Morgan fingerprint density at radius 2 is 2.00 bits per heavy atom. The van der Waals surface area contributed by atoms with Gasteiger partial charge in [-0.25, -0.2) is 0 Å². The van der Waals surface area contributed by atoms with Crippen LogP contribution in [0.3, 0.4) is 0 Å². The lowest BCUT2D eigenvalue weighted by Crippen LogP contribution is -2.47. The first-order valence-electron chi connectivity index (χ1n) is 6.53. The Balaban J connectivity index is 2.53. The zero-order chi connectivity index (χ0) is 12.2. The Morgan fingerprint density at radius 1 is 1.38 bits per heavy atom. The van der Waals surface area contributed by atoms with E-state index < -0.39 is 0 Å². The number of likely N-dealkylation sites (tertiary alicyclic amines) is 1. The summed E-state index contributed by atoms with van der Waals surface area (Å²) < 4.78 is 0. The molecule has 1 N–H and O–H groups in total. The molecule has 0 aromatic rings. The predicted molar refractivity (Wildman–Crippen MR) is 73.0 cm³/mol. The fourth-order valence-electron chi connectivity index (χ4n) is 2.54. The van der Waals surface area contributed by atoms with Gasteiger partial charge in [-0.1, -0.05) is 36.7 Å². The van der Waals surface area contributed by atoms with Crippen molar-refractivity contribution in [1.82, 2.24) is 4.90 Å². The lowest BCUT2D eigenvalue weighted by atomic mass is 9.83. The summed E-state index contributed by atoms with van der Waals surface area (Å²) in [5.41, 5.74) is 0.419. The first kappa shape index (κ1) is 14.5. The summed E-state index contributed by atoms with van der Waals surface area (Å²) in [4.78, 5) is 2.53. The van der Waals surface area contributed by atoms with E-state index in [1.165, 1.54) is 19.4 Å². The monoisotopic (exact) mass is 291 g/mol. The van der Waals surface area contributed by atoms with Crippen LogP contribution in [0.5, 0.6) is 0 Å². The Morgan fingerprint density at radius 3 is 2.44 bits per heavy atom. The van der Waals surface area contributed by atoms with E-state index >= 15 is 0 Å². The molecule has 0 aromatic carbocycles. The van der Waals surface area contributed by atoms with Crippen molar-refractivity contribution >= 4 is 15.9 Å². The zero-order valence-corrected chi connectivity index (χ0v) is 12.5. The SMILES string of the molecule is CCC(CC)(CBr)CN1CCC(O)C(C)C1. The van der Waals surface area contributed by atoms with E-state index in [9.17, 15) is 5.11 Å². The van der Waals surface area contributed by atoms with Crippen molar-refractivity contribution in [3.8, 4) is 0 Å². The smallest absolute Gasteiger partial charge is 0.0590 e. The van der Waals surface area contributed by atoms with Crippen LogP contribution in [0.25, 0.3) is 0 Å². The molecule has 2 unspecified atom stereocenters. The van der Waals surface area contributed by atoms with Crippen LogP contribution in [0.1, 0.15) is 40.0 Å². The minimum atomic E-state index is -0.0853. The Kier molecular flexibility index (Phi) is 5.75. The first-order valence-corrected chi connectivity index (χ1v) is 7.65. The number of hydrogen-bond acceptors (Lipinski definition) is 2. The number of alkyl halides is 1. The van der Waals surface area contributed by atoms with Gasteiger partial charge in [-0.3, -0.25) is 0 Å². The molecule has 1 heterocycles. The normalized spacial score (nSPS) is 28.3. The fraction of sp³-hybridized carbons (Fsp3) is 1.00. The summed E-state index contributed by atoms with van der Waals surface area (Å²) in [7, 11) is 0. The molecule has 3 heteroatoms. The van der Waals surface area contributed by atoms with E-state index in [0.717, 1.165) is 24.8 Å². The average Bonchev–Trinajstić information content (AvgIpc) is 2.31. The van der Waals surface area contributed by atoms with Gasteiger partial charge in [-0.2, -0.15) is 0 Å². The van der Waals surface area contributed by atoms with Crippen molar-refractivity contribution in [2.45, 2.75) is 46.1 Å². The molecule has 1 saturated heterocycles. The van der Waals surface area contributed by atoms with Crippen LogP contribution in [-0.4, -0.2) is 41.1 Å². The molecule has 2 nitrogen and oxygen atoms in total. The highest BCUT2D eigenvalue weighted by Gasteiger charge is 2.31. The van der Waals surface area contributed by atoms with Gasteiger partial charge in [0.2, 0.25) is 0 Å². The number of hydrogen-bond donors (Lipinski definition) is 1. The van der Waals surface area contributed by atoms with Gasteiger partial charge in [0.05, 0.1) is 6.10 Å². The van der Waals surface area contributed by atoms with Crippen molar-refractivity contribution in [3.63, 3.8) is 0 Å². The molecule has 0 spiro atoms. The summed E-state index contributed by atoms with van der Waals surface area (Å²) in [6.07, 6.45) is 3.30. The van der Waals surface area contributed by atoms with Crippen molar-refractivity contribution in [1.29, 1.82) is 0 Å². The van der Waals surface area contributed by atoms with E-state index in [1.807, 2.05) is 0 Å². The topological polar surface area (TPSA) is 23.5 Å². The molecule has 0 aliphatic carbocycles. The van der Waals surface area contributed by atoms with Gasteiger partial charge in [0, 0.05) is 25.0 Å². The number of rotatable bonds is 5. The largest absolute Gasteiger partial charge is 0.393 e. The van der Waals surface area contributed by atoms with Gasteiger partial charge in [-0.15, -0.1) is 0 Å². The maximum atomic E-state index is 9.73. The minimum absolute atomic E-state index is 0.0853. The fourth-order valence-corrected chi connectivity index (χ4v) is 3.51. The van der Waals surface area contributed by atoms with Crippen LogP contribution >= 0.6 is 15.9 Å². The van der Waals surface area contributed by atoms with E-state index in [2.05, 4.69) is 41.6 Å². The standard InChI is InChI=1S/C13H26BrNO/c1-4-13(5-2,9-14)10-15-7-6-12(16)11(3)8-15/h11-12,16H,4-10H2,1-3H3. The third-order valence-electron chi connectivity index (χ3n) is 4.29. The highest BCUT2D eigenvalue weighted by Crippen LogP contribution is 2.31. The zero-order valence-electron chi connectivity index (χ0n) is 10.9. The summed E-state index contributed by atoms with van der Waals surface area (Å²) >= 11 is 3.67. The molecule has 0 aromatic heterocycles. The van der Waals surface area contributed by atoms with Crippen molar-refractivity contribution in [3.05, 3.63) is 0 Å². The maximum Gasteiger partial charge on any atom is 0.0590 e. The van der Waals surface area contributed by atoms with Crippen LogP contribution < -0.4 is 0 Å².